The highest BCUT2D eigenvalue weighted by molar-refractivity contribution is 6.91. The fourth-order valence-corrected chi connectivity index (χ4v) is 5.02. The maximum Gasteiger partial charge on any atom is 0.0874 e. The van der Waals surface area contributed by atoms with Gasteiger partial charge in [-0.1, -0.05) is 60.8 Å². The SMILES string of the molecule is C=C[C@@H](O)C[C@@H](C=C)[Si](C)(C)c1ccccc1. The molecule has 0 amide bonds. The molecule has 1 aromatic rings. The van der Waals surface area contributed by atoms with E-state index in [-0.39, 0.29) is 0 Å². The number of aliphatic hydroxyl groups is 1. The van der Waals surface area contributed by atoms with Gasteiger partial charge >= 0.3 is 0 Å². The zero-order chi connectivity index (χ0) is 12.9. The number of rotatable bonds is 6. The van der Waals surface area contributed by atoms with Crippen LogP contribution in [0.3, 0.4) is 0 Å². The summed E-state index contributed by atoms with van der Waals surface area (Å²) in [5.74, 6) is 0. The molecular weight excluding hydrogens is 224 g/mol. The van der Waals surface area contributed by atoms with Crippen LogP contribution in [0.25, 0.3) is 0 Å². The van der Waals surface area contributed by atoms with Crippen LogP contribution in [-0.2, 0) is 0 Å². The summed E-state index contributed by atoms with van der Waals surface area (Å²) in [6.07, 6.45) is 3.88. The second-order valence-corrected chi connectivity index (χ2v) is 9.73. The van der Waals surface area contributed by atoms with Crippen LogP contribution in [0.15, 0.2) is 55.6 Å². The molecule has 1 nitrogen and oxygen atoms in total. The van der Waals surface area contributed by atoms with Crippen LogP contribution in [-0.4, -0.2) is 19.3 Å². The highest BCUT2D eigenvalue weighted by atomic mass is 28.3. The van der Waals surface area contributed by atoms with Crippen LogP contribution >= 0.6 is 0 Å². The molecule has 1 rings (SSSR count). The summed E-state index contributed by atoms with van der Waals surface area (Å²) in [7, 11) is -1.61. The van der Waals surface area contributed by atoms with Crippen molar-refractivity contribution in [3.8, 4) is 0 Å². The van der Waals surface area contributed by atoms with Gasteiger partial charge in [-0.15, -0.1) is 13.2 Å². The van der Waals surface area contributed by atoms with Gasteiger partial charge in [-0.2, -0.15) is 0 Å². The summed E-state index contributed by atoms with van der Waals surface area (Å²) in [4.78, 5) is 0. The normalized spacial score (nSPS) is 15.0. The molecule has 2 heteroatoms. The molecule has 0 radical (unpaired) electrons. The van der Waals surface area contributed by atoms with Gasteiger partial charge in [-0.3, -0.25) is 0 Å². The summed E-state index contributed by atoms with van der Waals surface area (Å²) in [5, 5.41) is 11.1. The summed E-state index contributed by atoms with van der Waals surface area (Å²) in [5.41, 5.74) is 0.359. The first kappa shape index (κ1) is 13.9. The summed E-state index contributed by atoms with van der Waals surface area (Å²) in [6.45, 7) is 12.2. The van der Waals surface area contributed by atoms with E-state index in [1.165, 1.54) is 5.19 Å². The van der Waals surface area contributed by atoms with E-state index in [4.69, 9.17) is 0 Å². The van der Waals surface area contributed by atoms with E-state index in [1.54, 1.807) is 6.08 Å². The lowest BCUT2D eigenvalue weighted by Gasteiger charge is -2.31. The molecule has 92 valence electrons. The molecule has 1 N–H and O–H groups in total. The first-order valence-corrected chi connectivity index (χ1v) is 9.08. The number of allylic oxidation sites excluding steroid dienone is 1. The van der Waals surface area contributed by atoms with Crippen LogP contribution in [0.2, 0.25) is 18.6 Å². The third kappa shape index (κ3) is 3.41. The van der Waals surface area contributed by atoms with Crippen LogP contribution in [0, 0.1) is 0 Å². The molecule has 0 aliphatic heterocycles. The second kappa shape index (κ2) is 5.99. The lowest BCUT2D eigenvalue weighted by molar-refractivity contribution is 0.214. The Balaban J connectivity index is 2.93. The van der Waals surface area contributed by atoms with Gasteiger partial charge in [0.25, 0.3) is 0 Å². The molecule has 0 unspecified atom stereocenters. The first-order chi connectivity index (χ1) is 8.02. The summed E-state index contributed by atoms with van der Waals surface area (Å²) in [6, 6.07) is 10.6. The molecular formula is C15H22OSi. The van der Waals surface area contributed by atoms with Gasteiger partial charge in [0.2, 0.25) is 0 Å². The maximum absolute atomic E-state index is 9.73. The standard InChI is InChI=1S/C15H22OSi/c1-5-13(16)12-14(6-2)17(3,4)15-10-8-7-9-11-15/h5-11,13-14,16H,1-2,12H2,3-4H3/t13-,14-/m1/s1. The van der Waals surface area contributed by atoms with Gasteiger partial charge < -0.3 is 5.11 Å². The number of hydrogen-bond acceptors (Lipinski definition) is 1. The van der Waals surface area contributed by atoms with Gasteiger partial charge in [0, 0.05) is 0 Å². The average Bonchev–Trinajstić information content (AvgIpc) is 2.36. The van der Waals surface area contributed by atoms with Gasteiger partial charge in [-0.25, -0.2) is 0 Å². The Morgan fingerprint density at radius 2 is 1.76 bits per heavy atom. The largest absolute Gasteiger partial charge is 0.389 e. The average molecular weight is 246 g/mol. The smallest absolute Gasteiger partial charge is 0.0874 e. The number of hydrogen-bond donors (Lipinski definition) is 1. The molecule has 0 heterocycles. The second-order valence-electron chi connectivity index (χ2n) is 4.97. The van der Waals surface area contributed by atoms with E-state index in [1.807, 2.05) is 12.1 Å². The fraction of sp³-hybridized carbons (Fsp3) is 0.333. The quantitative estimate of drug-likeness (QED) is 0.604. The number of benzene rings is 1. The van der Waals surface area contributed by atoms with Crippen molar-refractivity contribution in [1.29, 1.82) is 0 Å². The van der Waals surface area contributed by atoms with Gasteiger partial charge in [-0.05, 0) is 12.0 Å². The Morgan fingerprint density at radius 1 is 1.18 bits per heavy atom. The minimum absolute atomic E-state index is 0.359. The van der Waals surface area contributed by atoms with E-state index in [0.29, 0.717) is 5.54 Å². The van der Waals surface area contributed by atoms with Crippen LogP contribution < -0.4 is 5.19 Å². The Kier molecular flexibility index (Phi) is 4.91. The van der Waals surface area contributed by atoms with Gasteiger partial charge in [0.1, 0.15) is 0 Å². The zero-order valence-electron chi connectivity index (χ0n) is 10.8. The summed E-state index contributed by atoms with van der Waals surface area (Å²) >= 11 is 0. The molecule has 17 heavy (non-hydrogen) atoms. The lowest BCUT2D eigenvalue weighted by Crippen LogP contribution is -2.46. The molecule has 0 saturated carbocycles. The van der Waals surface area contributed by atoms with Crippen LogP contribution in [0.4, 0.5) is 0 Å². The van der Waals surface area contributed by atoms with E-state index >= 15 is 0 Å². The van der Waals surface area contributed by atoms with E-state index < -0.39 is 14.2 Å². The van der Waals surface area contributed by atoms with E-state index in [0.717, 1.165) is 6.42 Å². The highest BCUT2D eigenvalue weighted by Gasteiger charge is 2.32. The molecule has 0 aliphatic carbocycles. The zero-order valence-corrected chi connectivity index (χ0v) is 11.8. The van der Waals surface area contributed by atoms with Crippen LogP contribution in [0.1, 0.15) is 6.42 Å². The Labute approximate surface area is 106 Å². The monoisotopic (exact) mass is 246 g/mol. The van der Waals surface area contributed by atoms with Gasteiger partial charge in [0.05, 0.1) is 14.2 Å². The molecule has 0 aromatic heterocycles. The van der Waals surface area contributed by atoms with Crippen LogP contribution in [0.5, 0.6) is 0 Å². The van der Waals surface area contributed by atoms with Crippen molar-refractivity contribution in [2.75, 3.05) is 0 Å². The van der Waals surface area contributed by atoms with Crippen molar-refractivity contribution >= 4 is 13.3 Å². The highest BCUT2D eigenvalue weighted by Crippen LogP contribution is 2.28. The maximum atomic E-state index is 9.73. The van der Waals surface area contributed by atoms with E-state index in [2.05, 4.69) is 50.5 Å². The third-order valence-electron chi connectivity index (χ3n) is 3.50. The van der Waals surface area contributed by atoms with Crippen molar-refractivity contribution in [2.45, 2.75) is 31.2 Å². The predicted molar refractivity (Wildman–Crippen MR) is 78.3 cm³/mol. The minimum Gasteiger partial charge on any atom is -0.389 e. The lowest BCUT2D eigenvalue weighted by atomic mass is 10.2. The molecule has 1 aromatic carbocycles. The van der Waals surface area contributed by atoms with Crippen molar-refractivity contribution in [3.63, 3.8) is 0 Å². The molecule has 0 spiro atoms. The van der Waals surface area contributed by atoms with Crippen molar-refractivity contribution < 1.29 is 5.11 Å². The molecule has 0 saturated heterocycles. The Bertz CT molecular complexity index is 370. The fourth-order valence-electron chi connectivity index (χ4n) is 2.12. The summed E-state index contributed by atoms with van der Waals surface area (Å²) < 4.78 is 0. The minimum atomic E-state index is -1.61. The Hall–Kier alpha value is -1.12. The van der Waals surface area contributed by atoms with E-state index in [9.17, 15) is 5.11 Å². The third-order valence-corrected chi connectivity index (χ3v) is 7.64. The van der Waals surface area contributed by atoms with Crippen molar-refractivity contribution in [3.05, 3.63) is 55.6 Å². The Morgan fingerprint density at radius 3 is 2.24 bits per heavy atom. The number of aliphatic hydroxyl groups excluding tert-OH is 1. The molecule has 0 fully saturated rings. The van der Waals surface area contributed by atoms with Crippen molar-refractivity contribution in [1.82, 2.24) is 0 Å². The first-order valence-electron chi connectivity index (χ1n) is 6.01. The molecule has 0 aliphatic rings. The molecule has 2 atom stereocenters. The molecule has 0 bridgehead atoms. The topological polar surface area (TPSA) is 20.2 Å². The predicted octanol–water partition coefficient (Wildman–Crippen LogP) is 3.10. The van der Waals surface area contributed by atoms with Gasteiger partial charge in [0.15, 0.2) is 0 Å². The van der Waals surface area contributed by atoms with Crippen molar-refractivity contribution in [2.24, 2.45) is 0 Å².